The molecule has 1 unspecified atom stereocenters. The zero-order chi connectivity index (χ0) is 16.6. The summed E-state index contributed by atoms with van der Waals surface area (Å²) in [6.45, 7) is 0. The number of carbonyl (C=O) groups excluding carboxylic acids is 2. The normalized spacial score (nSPS) is 16.5. The Hall–Kier alpha value is -2.83. The summed E-state index contributed by atoms with van der Waals surface area (Å²) in [6, 6.07) is 7.49. The van der Waals surface area contributed by atoms with E-state index in [0.29, 0.717) is 17.2 Å². The van der Waals surface area contributed by atoms with Gasteiger partial charge in [0.2, 0.25) is 5.91 Å². The van der Waals surface area contributed by atoms with Crippen LogP contribution in [0.5, 0.6) is 0 Å². The number of nitrogens with one attached hydrogen (secondary N) is 2. The van der Waals surface area contributed by atoms with E-state index in [9.17, 15) is 22.8 Å². The highest BCUT2D eigenvalue weighted by Gasteiger charge is 2.29. The van der Waals surface area contributed by atoms with Gasteiger partial charge in [0, 0.05) is 12.0 Å². The maximum absolute atomic E-state index is 13.6. The fraction of sp³-hybridized carbons (Fsp3) is 0.125. The van der Waals surface area contributed by atoms with Crippen molar-refractivity contribution in [3.63, 3.8) is 0 Å². The molecular formula is C16H11F3N2O2. The van der Waals surface area contributed by atoms with Crippen LogP contribution in [-0.2, 0) is 11.2 Å². The average Bonchev–Trinajstić information content (AvgIpc) is 2.55. The maximum atomic E-state index is 13.6. The Bertz CT molecular complexity index is 808. The molecule has 0 spiro atoms. The zero-order valence-corrected chi connectivity index (χ0v) is 11.7. The van der Waals surface area contributed by atoms with E-state index < -0.39 is 41.0 Å². The largest absolute Gasteiger partial charge is 0.340 e. The summed E-state index contributed by atoms with van der Waals surface area (Å²) in [4.78, 5) is 24.1. The predicted molar refractivity (Wildman–Crippen MR) is 76.3 cm³/mol. The third kappa shape index (κ3) is 2.77. The van der Waals surface area contributed by atoms with Crippen molar-refractivity contribution in [3.05, 3.63) is 65.0 Å². The number of hydrogen-bond acceptors (Lipinski definition) is 2. The van der Waals surface area contributed by atoms with E-state index in [2.05, 4.69) is 10.6 Å². The zero-order valence-electron chi connectivity index (χ0n) is 11.7. The first kappa shape index (κ1) is 15.1. The van der Waals surface area contributed by atoms with Gasteiger partial charge in [0.1, 0.15) is 6.04 Å². The molecule has 1 aliphatic rings. The van der Waals surface area contributed by atoms with Gasteiger partial charge in [-0.15, -0.1) is 0 Å². The van der Waals surface area contributed by atoms with Crippen LogP contribution in [0, 0.1) is 17.5 Å². The third-order valence-electron chi connectivity index (χ3n) is 3.60. The molecule has 0 saturated heterocycles. The molecule has 0 radical (unpaired) electrons. The summed E-state index contributed by atoms with van der Waals surface area (Å²) < 4.78 is 39.6. The molecule has 0 saturated carbocycles. The molecule has 0 aliphatic carbocycles. The minimum absolute atomic E-state index is 0.221. The van der Waals surface area contributed by atoms with Crippen LogP contribution >= 0.6 is 0 Å². The van der Waals surface area contributed by atoms with Crippen molar-refractivity contribution in [3.8, 4) is 0 Å². The lowest BCUT2D eigenvalue weighted by molar-refractivity contribution is -0.118. The van der Waals surface area contributed by atoms with Crippen LogP contribution < -0.4 is 10.6 Å². The fourth-order valence-corrected chi connectivity index (χ4v) is 2.43. The van der Waals surface area contributed by atoms with Crippen LogP contribution in [0.4, 0.5) is 18.9 Å². The Balaban J connectivity index is 1.80. The molecule has 7 heteroatoms. The van der Waals surface area contributed by atoms with Crippen LogP contribution in [0.3, 0.4) is 0 Å². The molecule has 1 aliphatic heterocycles. The molecule has 0 bridgehead atoms. The Kier molecular flexibility index (Phi) is 3.77. The van der Waals surface area contributed by atoms with Crippen molar-refractivity contribution in [2.45, 2.75) is 12.5 Å². The van der Waals surface area contributed by atoms with Crippen molar-refractivity contribution in [1.82, 2.24) is 5.32 Å². The highest BCUT2D eigenvalue weighted by molar-refractivity contribution is 6.03. The van der Waals surface area contributed by atoms with E-state index in [-0.39, 0.29) is 6.42 Å². The number of carbonyl (C=O) groups is 2. The van der Waals surface area contributed by atoms with E-state index in [0.717, 1.165) is 6.07 Å². The molecule has 118 valence electrons. The van der Waals surface area contributed by atoms with Gasteiger partial charge < -0.3 is 10.6 Å². The second kappa shape index (κ2) is 5.75. The maximum Gasteiger partial charge on any atom is 0.252 e. The molecule has 2 amide bonds. The minimum atomic E-state index is -1.67. The molecule has 4 nitrogen and oxygen atoms in total. The molecule has 23 heavy (non-hydrogen) atoms. The van der Waals surface area contributed by atoms with Crippen LogP contribution in [0.2, 0.25) is 0 Å². The number of amides is 2. The SMILES string of the molecule is O=C1NC(C(=O)Nc2ccc(F)c(F)c2F)Cc2ccccc21. The van der Waals surface area contributed by atoms with E-state index >= 15 is 0 Å². The molecule has 2 N–H and O–H groups in total. The Morgan fingerprint density at radius 2 is 1.83 bits per heavy atom. The standard InChI is InChI=1S/C16H11F3N2O2/c17-10-5-6-11(14(19)13(10)18)20-16(23)12-7-8-3-1-2-4-9(8)15(22)21-12/h1-6,12H,7H2,(H,20,23)(H,21,22). The van der Waals surface area contributed by atoms with Crippen LogP contribution in [0.15, 0.2) is 36.4 Å². The number of anilines is 1. The number of hydrogen-bond donors (Lipinski definition) is 2. The van der Waals surface area contributed by atoms with Gasteiger partial charge in [-0.3, -0.25) is 9.59 Å². The molecular weight excluding hydrogens is 309 g/mol. The summed E-state index contributed by atoms with van der Waals surface area (Å²) >= 11 is 0. The van der Waals surface area contributed by atoms with Crippen molar-refractivity contribution in [2.75, 3.05) is 5.32 Å². The third-order valence-corrected chi connectivity index (χ3v) is 3.60. The van der Waals surface area contributed by atoms with Gasteiger partial charge in [0.05, 0.1) is 5.69 Å². The van der Waals surface area contributed by atoms with Crippen LogP contribution in [0.25, 0.3) is 0 Å². The number of fused-ring (bicyclic) bond motifs is 1. The Morgan fingerprint density at radius 3 is 2.61 bits per heavy atom. The Labute approximate surface area is 129 Å². The average molecular weight is 320 g/mol. The summed E-state index contributed by atoms with van der Waals surface area (Å²) in [5.74, 6) is -5.63. The topological polar surface area (TPSA) is 58.2 Å². The quantitative estimate of drug-likeness (QED) is 0.835. The summed E-state index contributed by atoms with van der Waals surface area (Å²) in [6.07, 6.45) is 0.221. The van der Waals surface area contributed by atoms with E-state index in [1.54, 1.807) is 24.3 Å². The molecule has 1 heterocycles. The van der Waals surface area contributed by atoms with Crippen molar-refractivity contribution in [1.29, 1.82) is 0 Å². The van der Waals surface area contributed by atoms with Gasteiger partial charge in [-0.05, 0) is 23.8 Å². The lowest BCUT2D eigenvalue weighted by Gasteiger charge is -2.24. The van der Waals surface area contributed by atoms with Crippen molar-refractivity contribution < 1.29 is 22.8 Å². The lowest BCUT2D eigenvalue weighted by atomic mass is 9.95. The number of halogens is 3. The van der Waals surface area contributed by atoms with Crippen LogP contribution in [0.1, 0.15) is 15.9 Å². The Morgan fingerprint density at radius 1 is 1.09 bits per heavy atom. The number of benzene rings is 2. The molecule has 0 fully saturated rings. The minimum Gasteiger partial charge on any atom is -0.340 e. The van der Waals surface area contributed by atoms with Crippen molar-refractivity contribution >= 4 is 17.5 Å². The monoisotopic (exact) mass is 320 g/mol. The van der Waals surface area contributed by atoms with Gasteiger partial charge in [0.25, 0.3) is 5.91 Å². The van der Waals surface area contributed by atoms with Gasteiger partial charge >= 0.3 is 0 Å². The smallest absolute Gasteiger partial charge is 0.252 e. The fourth-order valence-electron chi connectivity index (χ4n) is 2.43. The molecule has 3 rings (SSSR count). The molecule has 2 aromatic rings. The highest BCUT2D eigenvalue weighted by atomic mass is 19.2. The van der Waals surface area contributed by atoms with Crippen molar-refractivity contribution in [2.24, 2.45) is 0 Å². The summed E-state index contributed by atoms with van der Waals surface area (Å²) in [7, 11) is 0. The second-order valence-corrected chi connectivity index (χ2v) is 5.10. The van der Waals surface area contributed by atoms with Gasteiger partial charge in [-0.25, -0.2) is 13.2 Å². The van der Waals surface area contributed by atoms with Crippen LogP contribution in [-0.4, -0.2) is 17.9 Å². The summed E-state index contributed by atoms with van der Waals surface area (Å²) in [5.41, 5.74) is 0.666. The number of rotatable bonds is 2. The molecule has 1 atom stereocenters. The van der Waals surface area contributed by atoms with Gasteiger partial charge in [-0.1, -0.05) is 18.2 Å². The van der Waals surface area contributed by atoms with E-state index in [4.69, 9.17) is 0 Å². The lowest BCUT2D eigenvalue weighted by Crippen LogP contribution is -2.48. The van der Waals surface area contributed by atoms with E-state index in [1.807, 2.05) is 0 Å². The first-order valence-electron chi connectivity index (χ1n) is 6.80. The predicted octanol–water partition coefficient (Wildman–Crippen LogP) is 2.40. The first-order chi connectivity index (χ1) is 11.0. The summed E-state index contributed by atoms with van der Waals surface area (Å²) in [5, 5.41) is 4.66. The van der Waals surface area contributed by atoms with E-state index in [1.165, 1.54) is 0 Å². The van der Waals surface area contributed by atoms with Gasteiger partial charge in [-0.2, -0.15) is 0 Å². The molecule has 2 aromatic carbocycles. The first-order valence-corrected chi connectivity index (χ1v) is 6.80. The molecule has 0 aromatic heterocycles. The second-order valence-electron chi connectivity index (χ2n) is 5.10. The highest BCUT2D eigenvalue weighted by Crippen LogP contribution is 2.21. The van der Waals surface area contributed by atoms with Gasteiger partial charge in [0.15, 0.2) is 17.5 Å².